The van der Waals surface area contributed by atoms with Crippen LogP contribution in [-0.4, -0.2) is 16.1 Å². The van der Waals surface area contributed by atoms with Gasteiger partial charge in [-0.3, -0.25) is 4.79 Å². The highest BCUT2D eigenvalue weighted by Gasteiger charge is 2.03. The van der Waals surface area contributed by atoms with Gasteiger partial charge >= 0.3 is 5.97 Å². The summed E-state index contributed by atoms with van der Waals surface area (Å²) in [6.07, 6.45) is 0.0447. The largest absolute Gasteiger partial charge is 0.487 e. The number of hydrogen-bond donors (Lipinski definition) is 1. The summed E-state index contributed by atoms with van der Waals surface area (Å²) in [6, 6.07) is 27.6. The van der Waals surface area contributed by atoms with Crippen molar-refractivity contribution in [2.75, 3.05) is 0 Å². The second kappa shape index (κ2) is 8.80. The quantitative estimate of drug-likeness (QED) is 0.437. The molecule has 4 nitrogen and oxygen atoms in total. The summed E-state index contributed by atoms with van der Waals surface area (Å²) in [7, 11) is 0. The predicted molar refractivity (Wildman–Crippen MR) is 114 cm³/mol. The number of carboxylic acids is 1. The Bertz CT molecular complexity index is 1120. The molecule has 1 aromatic heterocycles. The number of carboxylic acid groups (broad SMARTS) is 1. The number of para-hydroxylation sites is 1. The summed E-state index contributed by atoms with van der Waals surface area (Å²) in [5.74, 6) is -0.0269. The highest BCUT2D eigenvalue weighted by molar-refractivity contribution is 7.99. The van der Waals surface area contributed by atoms with Gasteiger partial charge in [0.25, 0.3) is 0 Å². The molecule has 0 spiro atoms. The number of rotatable bonds is 7. The number of carbonyl (C=O) groups is 1. The van der Waals surface area contributed by atoms with Gasteiger partial charge in [0.15, 0.2) is 0 Å². The molecular weight excluding hydrogens is 382 g/mol. The molecule has 5 heteroatoms. The third kappa shape index (κ3) is 5.15. The first kappa shape index (κ1) is 19.0. The normalized spacial score (nSPS) is 10.8. The molecule has 0 bridgehead atoms. The summed E-state index contributed by atoms with van der Waals surface area (Å²) in [5.41, 5.74) is 2.66. The van der Waals surface area contributed by atoms with Crippen LogP contribution in [0.15, 0.2) is 94.7 Å². The number of ether oxygens (including phenoxy) is 1. The van der Waals surface area contributed by atoms with Crippen molar-refractivity contribution in [2.24, 2.45) is 0 Å². The Kier molecular flexibility index (Phi) is 5.77. The minimum absolute atomic E-state index is 0.0447. The van der Waals surface area contributed by atoms with Crippen molar-refractivity contribution in [3.05, 3.63) is 96.2 Å². The molecule has 0 radical (unpaired) electrons. The average molecular weight is 401 g/mol. The van der Waals surface area contributed by atoms with Crippen LogP contribution in [0.25, 0.3) is 10.9 Å². The van der Waals surface area contributed by atoms with Gasteiger partial charge in [-0.2, -0.15) is 0 Å². The van der Waals surface area contributed by atoms with E-state index < -0.39 is 5.97 Å². The van der Waals surface area contributed by atoms with Crippen LogP contribution < -0.4 is 4.74 Å². The number of aliphatic carboxylic acids is 1. The van der Waals surface area contributed by atoms with Gasteiger partial charge in [-0.1, -0.05) is 48.2 Å². The minimum Gasteiger partial charge on any atom is -0.487 e. The fraction of sp³-hybridized carbons (Fsp3) is 0.0833. The van der Waals surface area contributed by atoms with E-state index in [-0.39, 0.29) is 6.42 Å². The highest BCUT2D eigenvalue weighted by atomic mass is 32.2. The van der Waals surface area contributed by atoms with E-state index in [0.717, 1.165) is 37.7 Å². The second-order valence-corrected chi connectivity index (χ2v) is 7.72. The van der Waals surface area contributed by atoms with E-state index in [1.807, 2.05) is 78.9 Å². The van der Waals surface area contributed by atoms with E-state index in [0.29, 0.717) is 6.61 Å². The van der Waals surface area contributed by atoms with Crippen LogP contribution >= 0.6 is 11.8 Å². The SMILES string of the molecule is O=C(O)Cc1ccc(Sc2ccc(OCc3ccc4ccccc4n3)cc2)cc1. The van der Waals surface area contributed by atoms with Gasteiger partial charge in [0.05, 0.1) is 17.6 Å². The van der Waals surface area contributed by atoms with E-state index >= 15 is 0 Å². The van der Waals surface area contributed by atoms with Crippen molar-refractivity contribution < 1.29 is 14.6 Å². The molecule has 29 heavy (non-hydrogen) atoms. The van der Waals surface area contributed by atoms with E-state index in [1.165, 1.54) is 0 Å². The van der Waals surface area contributed by atoms with Gasteiger partial charge in [0, 0.05) is 15.2 Å². The summed E-state index contributed by atoms with van der Waals surface area (Å²) in [6.45, 7) is 0.419. The van der Waals surface area contributed by atoms with E-state index in [9.17, 15) is 4.79 Å². The summed E-state index contributed by atoms with van der Waals surface area (Å²) in [4.78, 5) is 17.5. The molecule has 144 valence electrons. The molecule has 1 heterocycles. The number of hydrogen-bond acceptors (Lipinski definition) is 4. The minimum atomic E-state index is -0.820. The van der Waals surface area contributed by atoms with Gasteiger partial charge in [-0.15, -0.1) is 0 Å². The smallest absolute Gasteiger partial charge is 0.307 e. The monoisotopic (exact) mass is 401 g/mol. The third-order valence-electron chi connectivity index (χ3n) is 4.38. The molecule has 1 N–H and O–H groups in total. The zero-order valence-electron chi connectivity index (χ0n) is 15.6. The Morgan fingerprint density at radius 1 is 0.862 bits per heavy atom. The van der Waals surface area contributed by atoms with Crippen LogP contribution in [0.4, 0.5) is 0 Å². The highest BCUT2D eigenvalue weighted by Crippen LogP contribution is 2.29. The topological polar surface area (TPSA) is 59.4 Å². The van der Waals surface area contributed by atoms with Crippen LogP contribution in [0.2, 0.25) is 0 Å². The molecule has 0 amide bonds. The fourth-order valence-electron chi connectivity index (χ4n) is 2.94. The van der Waals surface area contributed by atoms with E-state index in [1.54, 1.807) is 11.8 Å². The lowest BCUT2D eigenvalue weighted by Gasteiger charge is -2.08. The van der Waals surface area contributed by atoms with Crippen LogP contribution in [0.3, 0.4) is 0 Å². The molecule has 4 aromatic rings. The lowest BCUT2D eigenvalue weighted by atomic mass is 10.2. The van der Waals surface area contributed by atoms with Gasteiger partial charge in [-0.05, 0) is 54.1 Å². The number of fused-ring (bicyclic) bond motifs is 1. The van der Waals surface area contributed by atoms with Gasteiger partial charge in [-0.25, -0.2) is 4.98 Å². The number of nitrogens with zero attached hydrogens (tertiary/aromatic N) is 1. The zero-order chi connectivity index (χ0) is 20.1. The first-order valence-electron chi connectivity index (χ1n) is 9.22. The Labute approximate surface area is 173 Å². The van der Waals surface area contributed by atoms with Crippen molar-refractivity contribution in [3.8, 4) is 5.75 Å². The van der Waals surface area contributed by atoms with Crippen LogP contribution in [0.1, 0.15) is 11.3 Å². The van der Waals surface area contributed by atoms with Crippen LogP contribution in [0.5, 0.6) is 5.75 Å². The molecule has 0 aliphatic heterocycles. The molecule has 0 aliphatic rings. The van der Waals surface area contributed by atoms with Gasteiger partial charge in [0.1, 0.15) is 12.4 Å². The number of pyridine rings is 1. The Hall–Kier alpha value is -3.31. The van der Waals surface area contributed by atoms with Crippen LogP contribution in [0, 0.1) is 0 Å². The molecular formula is C24H19NO3S. The van der Waals surface area contributed by atoms with Crippen molar-refractivity contribution in [1.82, 2.24) is 4.98 Å². The van der Waals surface area contributed by atoms with Gasteiger partial charge < -0.3 is 9.84 Å². The molecule has 0 unspecified atom stereocenters. The Balaban J connectivity index is 1.35. The van der Waals surface area contributed by atoms with Crippen molar-refractivity contribution in [2.45, 2.75) is 22.8 Å². The summed E-state index contributed by atoms with van der Waals surface area (Å²) >= 11 is 1.62. The maximum atomic E-state index is 10.8. The lowest BCUT2D eigenvalue weighted by Crippen LogP contribution is -1.99. The average Bonchev–Trinajstić information content (AvgIpc) is 2.74. The standard InChI is InChI=1S/C24H19NO3S/c26-24(27)15-17-5-11-21(12-6-17)29-22-13-9-20(10-14-22)28-16-19-8-7-18-3-1-2-4-23(18)25-19/h1-14H,15-16H2,(H,26,27). The van der Waals surface area contributed by atoms with E-state index in [2.05, 4.69) is 11.1 Å². The van der Waals surface area contributed by atoms with Crippen molar-refractivity contribution >= 4 is 28.6 Å². The molecule has 0 atom stereocenters. The second-order valence-electron chi connectivity index (χ2n) is 6.57. The maximum Gasteiger partial charge on any atom is 0.307 e. The molecule has 0 saturated carbocycles. The van der Waals surface area contributed by atoms with Crippen molar-refractivity contribution in [1.29, 1.82) is 0 Å². The van der Waals surface area contributed by atoms with E-state index in [4.69, 9.17) is 9.84 Å². The lowest BCUT2D eigenvalue weighted by molar-refractivity contribution is -0.136. The molecule has 4 rings (SSSR count). The molecule has 0 fully saturated rings. The Morgan fingerprint density at radius 3 is 2.28 bits per heavy atom. The number of benzene rings is 3. The first-order chi connectivity index (χ1) is 14.2. The predicted octanol–water partition coefficient (Wildman–Crippen LogP) is 5.59. The summed E-state index contributed by atoms with van der Waals surface area (Å²) in [5, 5.41) is 9.96. The fourth-order valence-corrected chi connectivity index (χ4v) is 3.75. The van der Waals surface area contributed by atoms with Gasteiger partial charge in [0.2, 0.25) is 0 Å². The van der Waals surface area contributed by atoms with Crippen molar-refractivity contribution in [3.63, 3.8) is 0 Å². The van der Waals surface area contributed by atoms with Crippen LogP contribution in [-0.2, 0) is 17.8 Å². The first-order valence-corrected chi connectivity index (χ1v) is 10.0. The molecule has 3 aromatic carbocycles. The number of aromatic nitrogens is 1. The Morgan fingerprint density at radius 2 is 1.55 bits per heavy atom. The maximum absolute atomic E-state index is 10.8. The molecule has 0 aliphatic carbocycles. The molecule has 0 saturated heterocycles. The summed E-state index contributed by atoms with van der Waals surface area (Å²) < 4.78 is 5.87. The third-order valence-corrected chi connectivity index (χ3v) is 5.40. The zero-order valence-corrected chi connectivity index (χ0v) is 16.4.